The summed E-state index contributed by atoms with van der Waals surface area (Å²) in [5, 5.41) is 14.1. The first-order valence-electron chi connectivity index (χ1n) is 12.3. The van der Waals surface area contributed by atoms with E-state index in [1.54, 1.807) is 23.1 Å². The van der Waals surface area contributed by atoms with Gasteiger partial charge >= 0.3 is 24.5 Å². The zero-order valence-electron chi connectivity index (χ0n) is 20.4. The molecule has 3 N–H and O–H groups in total. The Kier molecular flexibility index (Phi) is 8.28. The van der Waals surface area contributed by atoms with E-state index in [0.717, 1.165) is 36.1 Å². The molecule has 2 aromatic carbocycles. The van der Waals surface area contributed by atoms with E-state index in [1.165, 1.54) is 12.1 Å². The van der Waals surface area contributed by atoms with Crippen molar-refractivity contribution >= 4 is 29.5 Å². The van der Waals surface area contributed by atoms with Crippen LogP contribution in [0.25, 0.3) is 0 Å². The Bertz CT molecular complexity index is 1180. The SMILES string of the molecule is O=C(O)C[C@H]1CC[C@H](OC(=O)N2CCc3cc(NC(=O)Nc4cccc(OC(F)(F)F)c4)ccc3C2)CC1. The van der Waals surface area contributed by atoms with E-state index in [9.17, 15) is 27.6 Å². The standard InChI is InChI=1S/C26H28F3N3O6/c27-26(28,29)38-22-3-1-2-19(14-22)30-24(35)31-20-7-6-18-15-32(11-10-17(18)13-20)25(36)37-21-8-4-16(5-9-21)12-23(33)34/h1-3,6-7,13-14,16,21H,4-5,8-12,15H2,(H,33,34)(H2,30,31,35)/t16-,21-. The average Bonchev–Trinajstić information content (AvgIpc) is 2.83. The molecular formula is C26H28F3N3O6. The second kappa shape index (κ2) is 11.6. The lowest BCUT2D eigenvalue weighted by atomic mass is 9.85. The molecule has 2 aliphatic rings. The Balaban J connectivity index is 1.27. The van der Waals surface area contributed by atoms with Crippen molar-refractivity contribution < 1.29 is 42.1 Å². The molecule has 1 heterocycles. The maximum atomic E-state index is 12.7. The Morgan fingerprint density at radius 1 is 0.974 bits per heavy atom. The van der Waals surface area contributed by atoms with Crippen molar-refractivity contribution in [2.75, 3.05) is 17.2 Å². The molecule has 1 aliphatic carbocycles. The molecule has 38 heavy (non-hydrogen) atoms. The van der Waals surface area contributed by atoms with Gasteiger partial charge in [0.25, 0.3) is 0 Å². The van der Waals surface area contributed by atoms with E-state index < -0.39 is 30.2 Å². The van der Waals surface area contributed by atoms with Crippen molar-refractivity contribution in [3.05, 3.63) is 53.6 Å². The number of nitrogens with zero attached hydrogens (tertiary/aromatic N) is 1. The number of carboxylic acids is 1. The molecule has 0 unspecified atom stereocenters. The van der Waals surface area contributed by atoms with E-state index >= 15 is 0 Å². The second-order valence-corrected chi connectivity index (χ2v) is 9.43. The fourth-order valence-electron chi connectivity index (χ4n) is 4.77. The van der Waals surface area contributed by atoms with E-state index in [4.69, 9.17) is 9.84 Å². The number of carbonyl (C=O) groups excluding carboxylic acids is 2. The molecule has 0 bridgehead atoms. The number of urea groups is 1. The van der Waals surface area contributed by atoms with Gasteiger partial charge in [0.15, 0.2) is 0 Å². The van der Waals surface area contributed by atoms with Crippen LogP contribution in [0.1, 0.15) is 43.2 Å². The van der Waals surface area contributed by atoms with Crippen LogP contribution >= 0.6 is 0 Å². The highest BCUT2D eigenvalue weighted by Gasteiger charge is 2.31. The molecule has 9 nitrogen and oxygen atoms in total. The molecule has 3 amide bonds. The Hall–Kier alpha value is -3.96. The first kappa shape index (κ1) is 27.1. The third-order valence-corrected chi connectivity index (χ3v) is 6.58. The number of carbonyl (C=O) groups is 3. The highest BCUT2D eigenvalue weighted by atomic mass is 19.4. The van der Waals surface area contributed by atoms with Crippen LogP contribution < -0.4 is 15.4 Å². The van der Waals surface area contributed by atoms with Crippen LogP contribution in [0.2, 0.25) is 0 Å². The minimum Gasteiger partial charge on any atom is -0.481 e. The predicted octanol–water partition coefficient (Wildman–Crippen LogP) is 5.76. The van der Waals surface area contributed by atoms with Gasteiger partial charge in [-0.15, -0.1) is 13.2 Å². The Morgan fingerprint density at radius 3 is 2.37 bits per heavy atom. The lowest BCUT2D eigenvalue weighted by molar-refractivity contribution is -0.274. The predicted molar refractivity (Wildman–Crippen MR) is 131 cm³/mol. The van der Waals surface area contributed by atoms with Crippen LogP contribution in [-0.4, -0.2) is 47.1 Å². The molecule has 2 aromatic rings. The largest absolute Gasteiger partial charge is 0.573 e. The number of alkyl halides is 3. The number of hydrogen-bond donors (Lipinski definition) is 3. The van der Waals surface area contributed by atoms with Crippen LogP contribution in [-0.2, 0) is 22.5 Å². The van der Waals surface area contributed by atoms with Crippen molar-refractivity contribution in [2.45, 2.75) is 57.5 Å². The van der Waals surface area contributed by atoms with Crippen LogP contribution in [0.4, 0.5) is 34.1 Å². The summed E-state index contributed by atoms with van der Waals surface area (Å²) in [6.45, 7) is 0.808. The number of nitrogens with one attached hydrogen (secondary N) is 2. The van der Waals surface area contributed by atoms with Crippen molar-refractivity contribution in [3.8, 4) is 5.75 Å². The highest BCUT2D eigenvalue weighted by Crippen LogP contribution is 2.30. The molecule has 1 saturated carbocycles. The maximum absolute atomic E-state index is 12.7. The molecule has 1 fully saturated rings. The summed E-state index contributed by atoms with van der Waals surface area (Å²) < 4.78 is 46.8. The third-order valence-electron chi connectivity index (χ3n) is 6.58. The van der Waals surface area contributed by atoms with E-state index in [0.29, 0.717) is 38.0 Å². The first-order chi connectivity index (χ1) is 18.0. The fraction of sp³-hybridized carbons (Fsp3) is 0.423. The Labute approximate surface area is 216 Å². The van der Waals surface area contributed by atoms with Crippen molar-refractivity contribution in [1.82, 2.24) is 4.90 Å². The molecule has 1 aliphatic heterocycles. The van der Waals surface area contributed by atoms with Gasteiger partial charge in [0.1, 0.15) is 11.9 Å². The monoisotopic (exact) mass is 535 g/mol. The first-order valence-corrected chi connectivity index (χ1v) is 12.3. The van der Waals surface area contributed by atoms with E-state index in [1.807, 2.05) is 0 Å². The van der Waals surface area contributed by atoms with Crippen LogP contribution in [0.5, 0.6) is 5.75 Å². The molecule has 0 spiro atoms. The smallest absolute Gasteiger partial charge is 0.481 e. The number of anilines is 2. The quantitative estimate of drug-likeness (QED) is 0.433. The molecule has 0 aromatic heterocycles. The zero-order chi connectivity index (χ0) is 27.3. The lowest BCUT2D eigenvalue weighted by Crippen LogP contribution is -2.39. The van der Waals surface area contributed by atoms with Crippen LogP contribution in [0.3, 0.4) is 0 Å². The number of aliphatic carboxylic acids is 1. The maximum Gasteiger partial charge on any atom is 0.573 e. The number of amides is 3. The summed E-state index contributed by atoms with van der Waals surface area (Å²) in [6.07, 6.45) is -1.97. The van der Waals surface area contributed by atoms with Crippen molar-refractivity contribution in [1.29, 1.82) is 0 Å². The van der Waals surface area contributed by atoms with Gasteiger partial charge in [-0.3, -0.25) is 4.79 Å². The van der Waals surface area contributed by atoms with Gasteiger partial charge in [0.2, 0.25) is 0 Å². The number of ether oxygens (including phenoxy) is 2. The number of halogens is 3. The lowest BCUT2D eigenvalue weighted by Gasteiger charge is -2.32. The van der Waals surface area contributed by atoms with Gasteiger partial charge in [-0.1, -0.05) is 12.1 Å². The van der Waals surface area contributed by atoms with Crippen LogP contribution in [0.15, 0.2) is 42.5 Å². The van der Waals surface area contributed by atoms with Crippen molar-refractivity contribution in [3.63, 3.8) is 0 Å². The van der Waals surface area contributed by atoms with Crippen LogP contribution in [0, 0.1) is 5.92 Å². The van der Waals surface area contributed by atoms with Gasteiger partial charge in [0.05, 0.1) is 0 Å². The molecule has 0 atom stereocenters. The zero-order valence-corrected chi connectivity index (χ0v) is 20.4. The van der Waals surface area contributed by atoms with Gasteiger partial charge in [-0.25, -0.2) is 9.59 Å². The molecule has 0 saturated heterocycles. The van der Waals surface area contributed by atoms with Gasteiger partial charge in [0, 0.05) is 37.0 Å². The van der Waals surface area contributed by atoms with Gasteiger partial charge in [-0.05, 0) is 73.4 Å². The summed E-state index contributed by atoms with van der Waals surface area (Å²) in [5.74, 6) is -1.12. The number of carboxylic acid groups (broad SMARTS) is 1. The fourth-order valence-corrected chi connectivity index (χ4v) is 4.77. The number of fused-ring (bicyclic) bond motifs is 1. The molecule has 0 radical (unpaired) electrons. The normalized spacial score (nSPS) is 19.2. The summed E-state index contributed by atoms with van der Waals surface area (Å²) >= 11 is 0. The topological polar surface area (TPSA) is 117 Å². The number of hydrogen-bond acceptors (Lipinski definition) is 5. The van der Waals surface area contributed by atoms with Crippen molar-refractivity contribution in [2.24, 2.45) is 5.92 Å². The molecule has 12 heteroatoms. The summed E-state index contributed by atoms with van der Waals surface area (Å²) in [7, 11) is 0. The molecule has 204 valence electrons. The highest BCUT2D eigenvalue weighted by molar-refractivity contribution is 5.99. The summed E-state index contributed by atoms with van der Waals surface area (Å²) in [6, 6.07) is 9.61. The minimum absolute atomic E-state index is 0.128. The van der Waals surface area contributed by atoms with E-state index in [2.05, 4.69) is 15.4 Å². The van der Waals surface area contributed by atoms with E-state index in [-0.39, 0.29) is 24.1 Å². The summed E-state index contributed by atoms with van der Waals surface area (Å²) in [4.78, 5) is 37.6. The number of benzene rings is 2. The minimum atomic E-state index is -4.83. The molecule has 4 rings (SSSR count). The molecular weight excluding hydrogens is 507 g/mol. The number of rotatable bonds is 6. The Morgan fingerprint density at radius 2 is 1.68 bits per heavy atom. The second-order valence-electron chi connectivity index (χ2n) is 9.43. The summed E-state index contributed by atoms with van der Waals surface area (Å²) in [5.41, 5.74) is 2.51. The average molecular weight is 536 g/mol. The van der Waals surface area contributed by atoms with Gasteiger partial charge in [-0.2, -0.15) is 0 Å². The van der Waals surface area contributed by atoms with Gasteiger partial charge < -0.3 is 30.1 Å². The third kappa shape index (κ3) is 7.77.